The second kappa shape index (κ2) is 5.83. The highest BCUT2D eigenvalue weighted by atomic mass is 16.6. The minimum Gasteiger partial charge on any atom is -0.481 e. The van der Waals surface area contributed by atoms with Gasteiger partial charge in [0.25, 0.3) is 0 Å². The number of cyclic esters (lactones) is 1. The minimum atomic E-state index is -1.52. The number of carboxylic acid groups (broad SMARTS) is 1. The van der Waals surface area contributed by atoms with Crippen molar-refractivity contribution in [2.24, 2.45) is 0 Å². The zero-order valence-corrected chi connectivity index (χ0v) is 12.5. The summed E-state index contributed by atoms with van der Waals surface area (Å²) >= 11 is 0. The Morgan fingerprint density at radius 1 is 1.40 bits per heavy atom. The minimum absolute atomic E-state index is 0.0700. The van der Waals surface area contributed by atoms with Gasteiger partial charge in [-0.2, -0.15) is 0 Å². The van der Waals surface area contributed by atoms with Crippen molar-refractivity contribution in [3.05, 3.63) is 11.6 Å². The maximum atomic E-state index is 11.9. The molecular formula is C14H23NO5. The predicted molar refractivity (Wildman–Crippen MR) is 73.1 cm³/mol. The summed E-state index contributed by atoms with van der Waals surface area (Å²) in [6.07, 6.45) is 2.26. The lowest BCUT2D eigenvalue weighted by Gasteiger charge is -2.37. The number of carbonyl (C=O) groups excluding carboxylic acids is 1. The molecule has 0 aromatic rings. The molecule has 0 unspecified atom stereocenters. The maximum Gasteiger partial charge on any atom is 0.412 e. The van der Waals surface area contributed by atoms with Crippen LogP contribution in [0.5, 0.6) is 0 Å². The highest BCUT2D eigenvalue weighted by Crippen LogP contribution is 2.40. The number of amides is 1. The summed E-state index contributed by atoms with van der Waals surface area (Å²) in [6.45, 7) is 7.03. The van der Waals surface area contributed by atoms with Crippen LogP contribution < -0.4 is 0 Å². The summed E-state index contributed by atoms with van der Waals surface area (Å²) in [5, 5.41) is 19.3. The Labute approximate surface area is 119 Å². The van der Waals surface area contributed by atoms with E-state index in [0.29, 0.717) is 12.8 Å². The van der Waals surface area contributed by atoms with E-state index in [1.807, 2.05) is 19.9 Å². The first kappa shape index (κ1) is 16.5. The second-order valence-corrected chi connectivity index (χ2v) is 5.74. The van der Waals surface area contributed by atoms with Gasteiger partial charge in [0.2, 0.25) is 0 Å². The molecule has 20 heavy (non-hydrogen) atoms. The summed E-state index contributed by atoms with van der Waals surface area (Å²) in [4.78, 5) is 23.6. The second-order valence-electron chi connectivity index (χ2n) is 5.74. The van der Waals surface area contributed by atoms with Crippen LogP contribution in [0.2, 0.25) is 0 Å². The van der Waals surface area contributed by atoms with Gasteiger partial charge in [-0.05, 0) is 40.5 Å². The molecule has 1 aliphatic heterocycles. The van der Waals surface area contributed by atoms with Crippen molar-refractivity contribution in [1.29, 1.82) is 0 Å². The molecule has 0 radical (unpaired) electrons. The number of allylic oxidation sites excluding steroid dienone is 2. The van der Waals surface area contributed by atoms with Crippen molar-refractivity contribution < 1.29 is 24.5 Å². The number of aliphatic carboxylic acids is 1. The van der Waals surface area contributed by atoms with E-state index in [4.69, 9.17) is 9.84 Å². The number of rotatable bonds is 6. The number of nitrogens with zero attached hydrogens (tertiary/aromatic N) is 1. The van der Waals surface area contributed by atoms with E-state index in [0.717, 1.165) is 10.5 Å². The van der Waals surface area contributed by atoms with Crippen molar-refractivity contribution in [1.82, 2.24) is 4.90 Å². The fourth-order valence-corrected chi connectivity index (χ4v) is 2.25. The molecule has 1 saturated heterocycles. The predicted octanol–water partition coefficient (Wildman–Crippen LogP) is 2.13. The van der Waals surface area contributed by atoms with Crippen LogP contribution in [0.1, 0.15) is 47.0 Å². The van der Waals surface area contributed by atoms with Crippen LogP contribution in [0.4, 0.5) is 4.79 Å². The molecular weight excluding hydrogens is 262 g/mol. The number of carboxylic acids is 1. The molecule has 0 bridgehead atoms. The van der Waals surface area contributed by atoms with Gasteiger partial charge in [-0.1, -0.05) is 11.6 Å². The Bertz CT molecular complexity index is 425. The van der Waals surface area contributed by atoms with Gasteiger partial charge in [0.05, 0.1) is 6.42 Å². The fourth-order valence-electron chi connectivity index (χ4n) is 2.25. The maximum absolute atomic E-state index is 11.9. The Hall–Kier alpha value is -1.56. The van der Waals surface area contributed by atoms with Crippen molar-refractivity contribution in [2.75, 3.05) is 6.54 Å². The summed E-state index contributed by atoms with van der Waals surface area (Å²) in [7, 11) is 0. The van der Waals surface area contributed by atoms with Gasteiger partial charge < -0.3 is 14.9 Å². The quantitative estimate of drug-likeness (QED) is 0.730. The molecule has 0 aromatic carbocycles. The van der Waals surface area contributed by atoms with Gasteiger partial charge >= 0.3 is 12.1 Å². The Kier molecular flexibility index (Phi) is 4.81. The first-order valence-electron chi connectivity index (χ1n) is 6.68. The highest BCUT2D eigenvalue weighted by Gasteiger charge is 2.58. The lowest BCUT2D eigenvalue weighted by Crippen LogP contribution is -2.55. The molecule has 0 saturated carbocycles. The van der Waals surface area contributed by atoms with E-state index in [-0.39, 0.29) is 13.0 Å². The monoisotopic (exact) mass is 285 g/mol. The van der Waals surface area contributed by atoms with Crippen LogP contribution in [0.15, 0.2) is 11.6 Å². The SMILES string of the molecule is CC(C)=CCC[C@@]1(C)OC(=O)N(CCC(=O)O)[C@@]1(C)O. The van der Waals surface area contributed by atoms with Crippen LogP contribution in [0.3, 0.4) is 0 Å². The molecule has 1 aliphatic rings. The molecule has 114 valence electrons. The largest absolute Gasteiger partial charge is 0.481 e. The van der Waals surface area contributed by atoms with Crippen LogP contribution >= 0.6 is 0 Å². The highest BCUT2D eigenvalue weighted by molar-refractivity contribution is 5.73. The van der Waals surface area contributed by atoms with Gasteiger partial charge in [-0.3, -0.25) is 9.69 Å². The first-order chi connectivity index (χ1) is 9.10. The lowest BCUT2D eigenvalue weighted by atomic mass is 9.88. The molecule has 1 amide bonds. The Balaban J connectivity index is 2.81. The normalized spacial score (nSPS) is 29.2. The third-order valence-electron chi connectivity index (χ3n) is 3.78. The molecule has 6 nitrogen and oxygen atoms in total. The van der Waals surface area contributed by atoms with E-state index in [1.54, 1.807) is 6.92 Å². The Morgan fingerprint density at radius 3 is 2.50 bits per heavy atom. The molecule has 0 aromatic heterocycles. The van der Waals surface area contributed by atoms with Crippen molar-refractivity contribution in [2.45, 2.75) is 58.3 Å². The van der Waals surface area contributed by atoms with Gasteiger partial charge in [-0.15, -0.1) is 0 Å². The molecule has 0 aliphatic carbocycles. The van der Waals surface area contributed by atoms with Gasteiger partial charge in [0.15, 0.2) is 11.3 Å². The van der Waals surface area contributed by atoms with Crippen LogP contribution in [-0.4, -0.2) is 45.0 Å². The molecule has 2 atom stereocenters. The molecule has 2 N–H and O–H groups in total. The average molecular weight is 285 g/mol. The smallest absolute Gasteiger partial charge is 0.412 e. The zero-order chi connectivity index (χ0) is 15.6. The number of ether oxygens (including phenoxy) is 1. The number of hydrogen-bond acceptors (Lipinski definition) is 4. The first-order valence-corrected chi connectivity index (χ1v) is 6.68. The van der Waals surface area contributed by atoms with Crippen molar-refractivity contribution in [3.63, 3.8) is 0 Å². The van der Waals surface area contributed by atoms with Gasteiger partial charge in [0.1, 0.15) is 0 Å². The molecule has 1 rings (SSSR count). The van der Waals surface area contributed by atoms with Crippen LogP contribution in [-0.2, 0) is 9.53 Å². The Morgan fingerprint density at radius 2 is 2.00 bits per heavy atom. The summed E-state index contributed by atoms with van der Waals surface area (Å²) in [6, 6.07) is 0. The third kappa shape index (κ3) is 3.30. The number of hydrogen-bond donors (Lipinski definition) is 2. The standard InChI is InChI=1S/C14H23NO5/c1-10(2)6-5-8-13(3)14(4,19)15(12(18)20-13)9-7-11(16)17/h6,19H,5,7-9H2,1-4H3,(H,16,17)/t13-,14+/m1/s1. The van der Waals surface area contributed by atoms with Gasteiger partial charge in [-0.25, -0.2) is 4.79 Å². The molecule has 1 heterocycles. The number of carbonyl (C=O) groups is 2. The molecule has 6 heteroatoms. The van der Waals surface area contributed by atoms with Crippen molar-refractivity contribution >= 4 is 12.1 Å². The summed E-state index contributed by atoms with van der Waals surface area (Å²) < 4.78 is 5.31. The van der Waals surface area contributed by atoms with Gasteiger partial charge in [0, 0.05) is 6.54 Å². The van der Waals surface area contributed by atoms with E-state index < -0.39 is 23.4 Å². The summed E-state index contributed by atoms with van der Waals surface area (Å²) in [5.41, 5.74) is -1.41. The van der Waals surface area contributed by atoms with E-state index in [1.165, 1.54) is 6.92 Å². The van der Waals surface area contributed by atoms with Crippen LogP contribution in [0.25, 0.3) is 0 Å². The fraction of sp³-hybridized carbons (Fsp3) is 0.714. The third-order valence-corrected chi connectivity index (χ3v) is 3.78. The molecule has 1 fully saturated rings. The number of aliphatic hydroxyl groups is 1. The summed E-state index contributed by atoms with van der Waals surface area (Å²) in [5.74, 6) is -1.02. The zero-order valence-electron chi connectivity index (χ0n) is 12.5. The van der Waals surface area contributed by atoms with E-state index in [9.17, 15) is 14.7 Å². The van der Waals surface area contributed by atoms with E-state index in [2.05, 4.69) is 0 Å². The average Bonchev–Trinajstić information content (AvgIpc) is 2.42. The van der Waals surface area contributed by atoms with E-state index >= 15 is 0 Å². The van der Waals surface area contributed by atoms with Crippen molar-refractivity contribution in [3.8, 4) is 0 Å². The lowest BCUT2D eigenvalue weighted by molar-refractivity contribution is -0.145. The molecule has 0 spiro atoms. The topological polar surface area (TPSA) is 87.1 Å². The van der Waals surface area contributed by atoms with Crippen LogP contribution in [0, 0.1) is 0 Å².